The van der Waals surface area contributed by atoms with Crippen LogP contribution in [0.25, 0.3) is 10.9 Å². The van der Waals surface area contributed by atoms with Crippen molar-refractivity contribution in [3.05, 3.63) is 23.9 Å². The van der Waals surface area contributed by atoms with Gasteiger partial charge in [0.2, 0.25) is 0 Å². The maximum absolute atomic E-state index is 6.13. The molecule has 1 aromatic carbocycles. The Morgan fingerprint density at radius 1 is 1.33 bits per heavy atom. The number of nitrogens with zero attached hydrogens (tertiary/aromatic N) is 3. The van der Waals surface area contributed by atoms with Crippen LogP contribution in [0.3, 0.4) is 0 Å². The van der Waals surface area contributed by atoms with Gasteiger partial charge in [0.15, 0.2) is 0 Å². The Kier molecular flexibility index (Phi) is 2.90. The fourth-order valence-corrected chi connectivity index (χ4v) is 3.05. The average Bonchev–Trinajstić information content (AvgIpc) is 2.73. The van der Waals surface area contributed by atoms with E-state index in [0.717, 1.165) is 41.0 Å². The van der Waals surface area contributed by atoms with Gasteiger partial charge in [-0.25, -0.2) is 4.99 Å². The molecule has 0 aliphatic carbocycles. The van der Waals surface area contributed by atoms with Crippen LogP contribution in [0.15, 0.2) is 23.3 Å². The molecule has 3 rings (SSSR count). The van der Waals surface area contributed by atoms with E-state index < -0.39 is 0 Å². The predicted octanol–water partition coefficient (Wildman–Crippen LogP) is 2.85. The summed E-state index contributed by atoms with van der Waals surface area (Å²) in [5.41, 5.74) is 10.0. The molecule has 1 aliphatic heterocycles. The lowest BCUT2D eigenvalue weighted by atomic mass is 9.86. The molecule has 4 N–H and O–H groups in total. The summed E-state index contributed by atoms with van der Waals surface area (Å²) in [4.78, 5) is 7.13. The van der Waals surface area contributed by atoms with Crippen LogP contribution >= 0.6 is 0 Å². The van der Waals surface area contributed by atoms with Crippen molar-refractivity contribution in [1.29, 1.82) is 0 Å². The molecule has 21 heavy (non-hydrogen) atoms. The second kappa shape index (κ2) is 4.41. The van der Waals surface area contributed by atoms with Gasteiger partial charge in [-0.3, -0.25) is 4.68 Å². The second-order valence-corrected chi connectivity index (χ2v) is 6.48. The summed E-state index contributed by atoms with van der Waals surface area (Å²) in [5, 5.41) is 1.03. The van der Waals surface area contributed by atoms with E-state index in [-0.39, 0.29) is 5.41 Å². The third kappa shape index (κ3) is 1.95. The molecule has 5 nitrogen and oxygen atoms in total. The van der Waals surface area contributed by atoms with E-state index in [2.05, 4.69) is 32.7 Å². The molecule has 5 heteroatoms. The monoisotopic (exact) mass is 285 g/mol. The predicted molar refractivity (Wildman–Crippen MR) is 89.1 cm³/mol. The summed E-state index contributed by atoms with van der Waals surface area (Å²) in [6.07, 6.45) is 2.81. The maximum Gasteiger partial charge on any atom is 0.111 e. The molecule has 0 unspecified atom stereocenters. The topological polar surface area (TPSA) is 72.6 Å². The number of rotatable bonds is 2. The lowest BCUT2D eigenvalue weighted by molar-refractivity contribution is 0.388. The van der Waals surface area contributed by atoms with E-state index in [1.165, 1.54) is 0 Å². The molecule has 0 bridgehead atoms. The van der Waals surface area contributed by atoms with Crippen molar-refractivity contribution in [3.63, 3.8) is 0 Å². The smallest absolute Gasteiger partial charge is 0.111 e. The molecule has 1 aliphatic rings. The van der Waals surface area contributed by atoms with Crippen LogP contribution < -0.4 is 11.6 Å². The standard InChI is InChI=1S/C16H23N5/c1-5-16(2,3)15-19-12-6-7-13-14(10(12)8-20(15)4)11(17)9-21(13)18/h6-7,9H,5,8,17-18H2,1-4H3. The molecule has 2 heterocycles. The molecule has 112 valence electrons. The van der Waals surface area contributed by atoms with Crippen LogP contribution in [0.2, 0.25) is 0 Å². The van der Waals surface area contributed by atoms with Crippen molar-refractivity contribution < 1.29 is 0 Å². The minimum absolute atomic E-state index is 0.0622. The van der Waals surface area contributed by atoms with E-state index in [1.54, 1.807) is 10.9 Å². The minimum atomic E-state index is 0.0622. The van der Waals surface area contributed by atoms with Gasteiger partial charge >= 0.3 is 0 Å². The Balaban J connectivity index is 2.24. The Hall–Kier alpha value is -2.17. The van der Waals surface area contributed by atoms with Gasteiger partial charge in [-0.1, -0.05) is 20.8 Å². The number of nitrogen functional groups attached to an aromatic ring is 2. The first-order valence-corrected chi connectivity index (χ1v) is 7.33. The fourth-order valence-electron chi connectivity index (χ4n) is 3.05. The van der Waals surface area contributed by atoms with Gasteiger partial charge in [0.05, 0.1) is 16.9 Å². The number of aliphatic imine (C=N–C) groups is 1. The van der Waals surface area contributed by atoms with Crippen LogP contribution in [-0.4, -0.2) is 22.5 Å². The third-order valence-electron chi connectivity index (χ3n) is 4.58. The number of amidine groups is 1. The van der Waals surface area contributed by atoms with Crippen molar-refractivity contribution in [2.45, 2.75) is 33.7 Å². The number of nitrogens with two attached hydrogens (primary N) is 2. The molecule has 0 atom stereocenters. The first-order chi connectivity index (χ1) is 9.85. The zero-order valence-corrected chi connectivity index (χ0v) is 13.1. The highest BCUT2D eigenvalue weighted by molar-refractivity contribution is 6.00. The van der Waals surface area contributed by atoms with Crippen molar-refractivity contribution in [2.24, 2.45) is 10.4 Å². The van der Waals surface area contributed by atoms with Gasteiger partial charge in [0.25, 0.3) is 0 Å². The first kappa shape index (κ1) is 13.8. The normalized spacial score (nSPS) is 15.2. The molecule has 0 spiro atoms. The van der Waals surface area contributed by atoms with Crippen molar-refractivity contribution in [2.75, 3.05) is 18.6 Å². The van der Waals surface area contributed by atoms with Crippen LogP contribution in [-0.2, 0) is 6.54 Å². The minimum Gasteiger partial charge on any atom is -0.397 e. The summed E-state index contributed by atoms with van der Waals surface area (Å²) < 4.78 is 1.58. The fraction of sp³-hybridized carbons (Fsp3) is 0.438. The van der Waals surface area contributed by atoms with Crippen molar-refractivity contribution >= 4 is 28.1 Å². The van der Waals surface area contributed by atoms with E-state index in [4.69, 9.17) is 16.6 Å². The Bertz CT molecular complexity index is 739. The van der Waals surface area contributed by atoms with Gasteiger partial charge < -0.3 is 16.5 Å². The number of aromatic nitrogens is 1. The molecule has 2 aromatic rings. The number of hydrogen-bond donors (Lipinski definition) is 2. The van der Waals surface area contributed by atoms with Crippen molar-refractivity contribution in [1.82, 2.24) is 9.58 Å². The molecule has 1 aromatic heterocycles. The number of benzene rings is 1. The molecule has 0 saturated heterocycles. The molecule has 0 fully saturated rings. The van der Waals surface area contributed by atoms with Gasteiger partial charge in [-0.2, -0.15) is 0 Å². The zero-order chi connectivity index (χ0) is 15.4. The summed E-state index contributed by atoms with van der Waals surface area (Å²) in [5.74, 6) is 7.08. The second-order valence-electron chi connectivity index (χ2n) is 6.48. The molecular weight excluding hydrogens is 262 g/mol. The molecule has 0 saturated carbocycles. The summed E-state index contributed by atoms with van der Waals surface area (Å²) in [7, 11) is 2.09. The summed E-state index contributed by atoms with van der Waals surface area (Å²) >= 11 is 0. The van der Waals surface area contributed by atoms with Crippen LogP contribution in [0, 0.1) is 5.41 Å². The Morgan fingerprint density at radius 3 is 2.71 bits per heavy atom. The lowest BCUT2D eigenvalue weighted by Gasteiger charge is -2.36. The average molecular weight is 285 g/mol. The molecule has 0 amide bonds. The van der Waals surface area contributed by atoms with E-state index in [1.807, 2.05) is 12.1 Å². The highest BCUT2D eigenvalue weighted by atomic mass is 15.3. The SMILES string of the molecule is CCC(C)(C)C1=Nc2ccc3c(c(N)cn3N)c2CN1C. The zero-order valence-electron chi connectivity index (χ0n) is 13.1. The largest absolute Gasteiger partial charge is 0.397 e. The lowest BCUT2D eigenvalue weighted by Crippen LogP contribution is -2.39. The molecular formula is C16H23N5. The van der Waals surface area contributed by atoms with E-state index in [0.29, 0.717) is 5.69 Å². The van der Waals surface area contributed by atoms with Crippen molar-refractivity contribution in [3.8, 4) is 0 Å². The highest BCUT2D eigenvalue weighted by Crippen LogP contribution is 2.38. The number of hydrogen-bond acceptors (Lipinski definition) is 4. The highest BCUT2D eigenvalue weighted by Gasteiger charge is 2.30. The third-order valence-corrected chi connectivity index (χ3v) is 4.58. The van der Waals surface area contributed by atoms with Gasteiger partial charge in [-0.15, -0.1) is 0 Å². The summed E-state index contributed by atoms with van der Waals surface area (Å²) in [6, 6.07) is 4.04. The Labute approximate surface area is 125 Å². The summed E-state index contributed by atoms with van der Waals surface area (Å²) in [6.45, 7) is 7.47. The maximum atomic E-state index is 6.13. The van der Waals surface area contributed by atoms with Gasteiger partial charge in [0, 0.05) is 36.2 Å². The van der Waals surface area contributed by atoms with Crippen LogP contribution in [0.1, 0.15) is 32.8 Å². The van der Waals surface area contributed by atoms with E-state index >= 15 is 0 Å². The van der Waals surface area contributed by atoms with Gasteiger partial charge in [-0.05, 0) is 18.6 Å². The first-order valence-electron chi connectivity index (χ1n) is 7.33. The molecule has 0 radical (unpaired) electrons. The van der Waals surface area contributed by atoms with E-state index in [9.17, 15) is 0 Å². The quantitative estimate of drug-likeness (QED) is 0.833. The van der Waals surface area contributed by atoms with Crippen LogP contribution in [0.4, 0.5) is 11.4 Å². The number of anilines is 1. The Morgan fingerprint density at radius 2 is 2.05 bits per heavy atom. The number of fused-ring (bicyclic) bond motifs is 3. The van der Waals surface area contributed by atoms with Gasteiger partial charge in [0.1, 0.15) is 5.84 Å². The van der Waals surface area contributed by atoms with Crippen LogP contribution in [0.5, 0.6) is 0 Å².